The van der Waals surface area contributed by atoms with Crippen molar-refractivity contribution in [2.24, 2.45) is 0 Å². The molecule has 2 amide bonds. The molecular formula is C43H47N3O6. The Hall–Kier alpha value is -5.64. The number of benzene rings is 5. The van der Waals surface area contributed by atoms with Crippen molar-refractivity contribution in [2.45, 2.75) is 51.0 Å². The van der Waals surface area contributed by atoms with E-state index in [2.05, 4.69) is 28.1 Å². The number of rotatable bonds is 21. The highest BCUT2D eigenvalue weighted by Crippen LogP contribution is 2.31. The van der Waals surface area contributed by atoms with Gasteiger partial charge in [-0.05, 0) is 77.8 Å². The van der Waals surface area contributed by atoms with Gasteiger partial charge in [-0.2, -0.15) is 0 Å². The van der Waals surface area contributed by atoms with Crippen molar-refractivity contribution >= 4 is 18.2 Å². The highest BCUT2D eigenvalue weighted by atomic mass is 16.5. The molecule has 5 aromatic rings. The molecule has 2 atom stereocenters. The fraction of sp³-hybridized carbons (Fsp3) is 0.256. The Morgan fingerprint density at radius 1 is 0.692 bits per heavy atom. The molecule has 0 heterocycles. The first-order valence-corrected chi connectivity index (χ1v) is 17.7. The fourth-order valence-corrected chi connectivity index (χ4v) is 5.75. The lowest BCUT2D eigenvalue weighted by atomic mass is 9.95. The fourth-order valence-electron chi connectivity index (χ4n) is 5.75. The monoisotopic (exact) mass is 701 g/mol. The van der Waals surface area contributed by atoms with E-state index in [1.165, 1.54) is 5.56 Å². The summed E-state index contributed by atoms with van der Waals surface area (Å²) in [5.74, 6) is 1.29. The van der Waals surface area contributed by atoms with Crippen LogP contribution in [-0.4, -0.2) is 43.3 Å². The Bertz CT molecular complexity index is 1770. The van der Waals surface area contributed by atoms with E-state index in [1.54, 1.807) is 12.1 Å². The molecule has 270 valence electrons. The minimum absolute atomic E-state index is 0.260. The number of ether oxygens (including phenoxy) is 3. The van der Waals surface area contributed by atoms with Crippen LogP contribution in [0, 0.1) is 0 Å². The number of nitrogens with one attached hydrogen (secondary N) is 3. The highest BCUT2D eigenvalue weighted by Gasteiger charge is 2.22. The molecule has 0 aliphatic carbocycles. The summed E-state index contributed by atoms with van der Waals surface area (Å²) in [5.41, 5.74) is 5.39. The van der Waals surface area contributed by atoms with Crippen LogP contribution in [0.2, 0.25) is 0 Å². The van der Waals surface area contributed by atoms with Gasteiger partial charge in [0.15, 0.2) is 0 Å². The lowest BCUT2D eigenvalue weighted by molar-refractivity contribution is -0.105. The van der Waals surface area contributed by atoms with Gasteiger partial charge in [0, 0.05) is 19.1 Å². The van der Waals surface area contributed by atoms with E-state index in [1.807, 2.05) is 109 Å². The highest BCUT2D eigenvalue weighted by molar-refractivity contribution is 5.76. The van der Waals surface area contributed by atoms with Crippen LogP contribution in [0.1, 0.15) is 46.8 Å². The maximum atomic E-state index is 11.9. The number of anilines is 1. The second-order valence-electron chi connectivity index (χ2n) is 12.4. The summed E-state index contributed by atoms with van der Waals surface area (Å²) < 4.78 is 17.3. The molecule has 0 bridgehead atoms. The number of aryl methyl sites for hydroxylation is 1. The molecule has 5 aromatic carbocycles. The van der Waals surface area contributed by atoms with Gasteiger partial charge in [-0.1, -0.05) is 109 Å². The predicted octanol–water partition coefficient (Wildman–Crippen LogP) is 7.40. The second kappa shape index (κ2) is 20.9. The smallest absolute Gasteiger partial charge is 0.407 e. The van der Waals surface area contributed by atoms with Crippen LogP contribution < -0.4 is 25.4 Å². The summed E-state index contributed by atoms with van der Waals surface area (Å²) in [5, 5.41) is 20.6. The largest absolute Gasteiger partial charge is 0.492 e. The summed E-state index contributed by atoms with van der Waals surface area (Å²) in [7, 11) is 0. The van der Waals surface area contributed by atoms with E-state index >= 15 is 0 Å². The molecule has 0 aromatic heterocycles. The molecule has 9 heteroatoms. The number of alkyl carbamates (subject to hydrolysis) is 1. The number of aliphatic hydroxyl groups excluding tert-OH is 1. The molecule has 0 saturated heterocycles. The van der Waals surface area contributed by atoms with E-state index in [0.717, 1.165) is 41.7 Å². The molecule has 0 aliphatic rings. The van der Waals surface area contributed by atoms with Crippen molar-refractivity contribution in [3.05, 3.63) is 161 Å². The zero-order valence-electron chi connectivity index (χ0n) is 29.3. The summed E-state index contributed by atoms with van der Waals surface area (Å²) in [6, 6.07) is 42.5. The van der Waals surface area contributed by atoms with Gasteiger partial charge in [0.2, 0.25) is 6.41 Å². The van der Waals surface area contributed by atoms with Crippen LogP contribution in [0.15, 0.2) is 133 Å². The molecule has 1 unspecified atom stereocenters. The van der Waals surface area contributed by atoms with Gasteiger partial charge in [-0.25, -0.2) is 4.79 Å². The van der Waals surface area contributed by atoms with Crippen LogP contribution in [0.4, 0.5) is 10.5 Å². The summed E-state index contributed by atoms with van der Waals surface area (Å²) >= 11 is 0. The molecule has 0 fully saturated rings. The lowest BCUT2D eigenvalue weighted by Gasteiger charge is -2.26. The molecule has 0 spiro atoms. The molecule has 0 saturated carbocycles. The van der Waals surface area contributed by atoms with E-state index in [0.29, 0.717) is 56.1 Å². The average Bonchev–Trinajstić information content (AvgIpc) is 3.19. The Balaban J connectivity index is 1.07. The Morgan fingerprint density at radius 3 is 2.02 bits per heavy atom. The zero-order chi connectivity index (χ0) is 36.2. The molecule has 52 heavy (non-hydrogen) atoms. The Morgan fingerprint density at radius 2 is 1.35 bits per heavy atom. The van der Waals surface area contributed by atoms with Crippen LogP contribution in [0.3, 0.4) is 0 Å². The second-order valence-corrected chi connectivity index (χ2v) is 12.4. The topological polar surface area (TPSA) is 118 Å². The number of amides is 2. The minimum atomic E-state index is -0.870. The standard InChI is InChI=1S/C43H47N3O6/c47-32-46-39-29-37(21-24-41(39)51-30-35-15-6-2-7-16-35)42(48)40(28-34-13-4-1-5-14-34)44-26-27-50-38-22-19-33(20-23-38)12-10-11-25-45-43(49)52-31-36-17-8-3-9-18-36/h1-9,13-24,29,32,40,42,44,48H,10-12,25-28,30-31H2,(H,45,49)(H,46,47)/t40?,42-/m1/s1. The number of carbonyl (C=O) groups is 2. The van der Waals surface area contributed by atoms with E-state index in [9.17, 15) is 14.7 Å². The first-order chi connectivity index (χ1) is 25.6. The molecule has 0 aliphatic heterocycles. The molecule has 4 N–H and O–H groups in total. The minimum Gasteiger partial charge on any atom is -0.492 e. The normalized spacial score (nSPS) is 11.9. The van der Waals surface area contributed by atoms with Crippen molar-refractivity contribution in [3.63, 3.8) is 0 Å². The van der Waals surface area contributed by atoms with Crippen molar-refractivity contribution in [2.75, 3.05) is 25.0 Å². The average molecular weight is 702 g/mol. The third-order valence-electron chi connectivity index (χ3n) is 8.55. The first kappa shape index (κ1) is 37.6. The van der Waals surface area contributed by atoms with Gasteiger partial charge in [0.1, 0.15) is 31.3 Å². The first-order valence-electron chi connectivity index (χ1n) is 17.7. The third kappa shape index (κ3) is 12.6. The van der Waals surface area contributed by atoms with E-state index < -0.39 is 12.2 Å². The lowest BCUT2D eigenvalue weighted by Crippen LogP contribution is -2.39. The van der Waals surface area contributed by atoms with Crippen LogP contribution in [0.5, 0.6) is 11.5 Å². The van der Waals surface area contributed by atoms with Crippen molar-refractivity contribution in [1.29, 1.82) is 0 Å². The summed E-state index contributed by atoms with van der Waals surface area (Å²) in [6.45, 7) is 2.09. The molecular weight excluding hydrogens is 654 g/mol. The molecule has 5 rings (SSSR count). The van der Waals surface area contributed by atoms with Crippen molar-refractivity contribution in [3.8, 4) is 11.5 Å². The van der Waals surface area contributed by atoms with Crippen molar-refractivity contribution in [1.82, 2.24) is 10.6 Å². The van der Waals surface area contributed by atoms with Gasteiger partial charge in [0.05, 0.1) is 11.8 Å². The quantitative estimate of drug-likeness (QED) is 0.0466. The van der Waals surface area contributed by atoms with Gasteiger partial charge in [0.25, 0.3) is 0 Å². The summed E-state index contributed by atoms with van der Waals surface area (Å²) in [6.07, 6.45) is 2.60. The van der Waals surface area contributed by atoms with Gasteiger partial charge in [-0.15, -0.1) is 0 Å². The zero-order valence-corrected chi connectivity index (χ0v) is 29.3. The van der Waals surface area contributed by atoms with Crippen LogP contribution in [-0.2, 0) is 35.6 Å². The van der Waals surface area contributed by atoms with Gasteiger partial charge >= 0.3 is 6.09 Å². The van der Waals surface area contributed by atoms with Crippen LogP contribution >= 0.6 is 0 Å². The van der Waals surface area contributed by atoms with Gasteiger partial charge < -0.3 is 35.3 Å². The maximum absolute atomic E-state index is 11.9. The number of carbonyl (C=O) groups excluding carboxylic acids is 2. The number of hydrogen-bond acceptors (Lipinski definition) is 7. The third-order valence-corrected chi connectivity index (χ3v) is 8.55. The SMILES string of the molecule is O=CNc1cc([C@@H](O)C(Cc2ccccc2)NCCOc2ccc(CCCCNC(=O)OCc3ccccc3)cc2)ccc1OCc1ccccc1. The predicted molar refractivity (Wildman–Crippen MR) is 203 cm³/mol. The summed E-state index contributed by atoms with van der Waals surface area (Å²) in [4.78, 5) is 23.4. The maximum Gasteiger partial charge on any atom is 0.407 e. The van der Waals surface area contributed by atoms with E-state index in [-0.39, 0.29) is 12.6 Å². The number of unbranched alkanes of at least 4 members (excludes halogenated alkanes) is 1. The Labute approximate surface area is 306 Å². The van der Waals surface area contributed by atoms with Gasteiger partial charge in [-0.3, -0.25) is 4.79 Å². The van der Waals surface area contributed by atoms with E-state index in [4.69, 9.17) is 14.2 Å². The van der Waals surface area contributed by atoms with Crippen molar-refractivity contribution < 1.29 is 28.9 Å². The number of hydrogen-bond donors (Lipinski definition) is 4. The van der Waals surface area contributed by atoms with Crippen LogP contribution in [0.25, 0.3) is 0 Å². The Kier molecular flexibility index (Phi) is 15.1. The molecule has 9 nitrogen and oxygen atoms in total. The number of aliphatic hydroxyl groups is 1. The molecule has 0 radical (unpaired) electrons.